The van der Waals surface area contributed by atoms with Gasteiger partial charge in [-0.25, -0.2) is 0 Å². The van der Waals surface area contributed by atoms with Crippen molar-refractivity contribution in [2.75, 3.05) is 0 Å². The van der Waals surface area contributed by atoms with E-state index in [-0.39, 0.29) is 11.9 Å². The van der Waals surface area contributed by atoms with E-state index in [0.717, 1.165) is 11.1 Å². The van der Waals surface area contributed by atoms with E-state index in [1.807, 2.05) is 97.9 Å². The van der Waals surface area contributed by atoms with Gasteiger partial charge in [-0.1, -0.05) is 91.1 Å². The number of carbonyl (C=O) groups excluding carboxylic acids is 1. The molecule has 1 unspecified atom stereocenters. The molecule has 0 aliphatic rings. The Morgan fingerprint density at radius 3 is 1.72 bits per heavy atom. The Labute approximate surface area is 153 Å². The van der Waals surface area contributed by atoms with Crippen LogP contribution in [-0.4, -0.2) is 15.8 Å². The topological polar surface area (TPSA) is 20.3 Å². The summed E-state index contributed by atoms with van der Waals surface area (Å²) in [7, 11) is 0. The molecule has 0 heterocycles. The smallest absolute Gasteiger partial charge is 0.259 e. The summed E-state index contributed by atoms with van der Waals surface area (Å²) < 4.78 is 0. The lowest BCUT2D eigenvalue weighted by atomic mass is 10.0. The molecule has 0 bridgehead atoms. The maximum atomic E-state index is 13.2. The summed E-state index contributed by atoms with van der Waals surface area (Å²) in [6, 6.07) is 28.7. The molecule has 0 N–H and O–H groups in total. The average Bonchev–Trinajstić information content (AvgIpc) is 2.70. The van der Waals surface area contributed by atoms with Crippen molar-refractivity contribution in [3.63, 3.8) is 0 Å². The minimum Gasteiger partial charge on any atom is -0.291 e. The monoisotopic (exact) mass is 345 g/mol. The summed E-state index contributed by atoms with van der Waals surface area (Å²) >= 11 is 5.70. The molecule has 3 rings (SSSR count). The Balaban J connectivity index is 2.02. The normalized spacial score (nSPS) is 11.6. The van der Waals surface area contributed by atoms with E-state index in [9.17, 15) is 4.79 Å². The van der Waals surface area contributed by atoms with Gasteiger partial charge in [0.05, 0.1) is 6.04 Å². The number of nitrogens with zero attached hydrogens (tertiary/aromatic N) is 1. The van der Waals surface area contributed by atoms with Crippen LogP contribution < -0.4 is 0 Å². The molecule has 0 saturated heterocycles. The summed E-state index contributed by atoms with van der Waals surface area (Å²) in [5, 5.41) is 0. The summed E-state index contributed by atoms with van der Waals surface area (Å²) in [6.45, 7) is 2.01. The SMILES string of the molecule is CC(c1ccccc1)N(C(=O)c1ccccc1)C(=S)c1ccccc1. The molecule has 3 aromatic rings. The minimum absolute atomic E-state index is 0.0918. The second-order valence-electron chi connectivity index (χ2n) is 5.80. The Kier molecular flexibility index (Phi) is 5.36. The van der Waals surface area contributed by atoms with Crippen molar-refractivity contribution in [3.05, 3.63) is 108 Å². The van der Waals surface area contributed by atoms with E-state index in [1.165, 1.54) is 0 Å². The highest BCUT2D eigenvalue weighted by atomic mass is 32.1. The van der Waals surface area contributed by atoms with Gasteiger partial charge < -0.3 is 0 Å². The standard InChI is InChI=1S/C22H19NOS/c1-17(18-11-5-2-6-12-18)23(21(24)19-13-7-3-8-14-19)22(25)20-15-9-4-10-16-20/h2-17H,1H3. The molecule has 0 aromatic heterocycles. The molecule has 1 atom stereocenters. The molecule has 25 heavy (non-hydrogen) atoms. The number of carbonyl (C=O) groups is 1. The predicted molar refractivity (Wildman–Crippen MR) is 106 cm³/mol. The fraction of sp³-hybridized carbons (Fsp3) is 0.0909. The zero-order valence-corrected chi connectivity index (χ0v) is 14.8. The van der Waals surface area contributed by atoms with Crippen LogP contribution in [0.1, 0.15) is 34.5 Å². The van der Waals surface area contributed by atoms with Gasteiger partial charge in [-0.2, -0.15) is 0 Å². The first-order valence-electron chi connectivity index (χ1n) is 8.21. The van der Waals surface area contributed by atoms with Crippen LogP contribution in [0.25, 0.3) is 0 Å². The average molecular weight is 345 g/mol. The molecule has 124 valence electrons. The maximum absolute atomic E-state index is 13.2. The van der Waals surface area contributed by atoms with Gasteiger partial charge in [0.1, 0.15) is 4.99 Å². The van der Waals surface area contributed by atoms with Gasteiger partial charge >= 0.3 is 0 Å². The zero-order valence-electron chi connectivity index (χ0n) is 14.0. The van der Waals surface area contributed by atoms with E-state index >= 15 is 0 Å². The van der Waals surface area contributed by atoms with Crippen molar-refractivity contribution in [3.8, 4) is 0 Å². The molecule has 0 aliphatic heterocycles. The van der Waals surface area contributed by atoms with Crippen molar-refractivity contribution >= 4 is 23.1 Å². The predicted octanol–water partition coefficient (Wildman–Crippen LogP) is 5.27. The van der Waals surface area contributed by atoms with Crippen LogP contribution in [0.5, 0.6) is 0 Å². The Bertz CT molecular complexity index is 795. The van der Waals surface area contributed by atoms with Gasteiger partial charge in [-0.05, 0) is 24.6 Å². The van der Waals surface area contributed by atoms with E-state index in [1.54, 1.807) is 4.90 Å². The minimum atomic E-state index is -0.165. The Morgan fingerprint density at radius 2 is 1.20 bits per heavy atom. The lowest BCUT2D eigenvalue weighted by Gasteiger charge is -2.30. The quantitative estimate of drug-likeness (QED) is 0.601. The van der Waals surface area contributed by atoms with Gasteiger partial charge in [0, 0.05) is 11.1 Å². The van der Waals surface area contributed by atoms with Crippen molar-refractivity contribution in [1.29, 1.82) is 0 Å². The number of benzene rings is 3. The summed E-state index contributed by atoms with van der Waals surface area (Å²) in [4.78, 5) is 15.4. The molecule has 1 amide bonds. The maximum Gasteiger partial charge on any atom is 0.259 e. The van der Waals surface area contributed by atoms with Crippen LogP contribution in [0.2, 0.25) is 0 Å². The second-order valence-corrected chi connectivity index (χ2v) is 6.19. The zero-order chi connectivity index (χ0) is 17.6. The van der Waals surface area contributed by atoms with E-state index in [0.29, 0.717) is 10.6 Å². The van der Waals surface area contributed by atoms with Gasteiger partial charge in [0.25, 0.3) is 5.91 Å². The van der Waals surface area contributed by atoms with Crippen molar-refractivity contribution in [2.24, 2.45) is 0 Å². The Morgan fingerprint density at radius 1 is 0.760 bits per heavy atom. The van der Waals surface area contributed by atoms with Crippen molar-refractivity contribution in [2.45, 2.75) is 13.0 Å². The third kappa shape index (κ3) is 3.83. The second kappa shape index (κ2) is 7.86. The number of amides is 1. The molecule has 0 saturated carbocycles. The highest BCUT2D eigenvalue weighted by Gasteiger charge is 2.27. The number of hydrogen-bond acceptors (Lipinski definition) is 2. The molecule has 2 nitrogen and oxygen atoms in total. The largest absolute Gasteiger partial charge is 0.291 e. The van der Waals surface area contributed by atoms with Crippen LogP contribution in [0.4, 0.5) is 0 Å². The third-order valence-corrected chi connectivity index (χ3v) is 4.58. The summed E-state index contributed by atoms with van der Waals surface area (Å²) in [6.07, 6.45) is 0. The van der Waals surface area contributed by atoms with E-state index in [4.69, 9.17) is 12.2 Å². The number of rotatable bonds is 4. The van der Waals surface area contributed by atoms with Crippen LogP contribution in [-0.2, 0) is 0 Å². The van der Waals surface area contributed by atoms with E-state index in [2.05, 4.69) is 0 Å². The molecular formula is C22H19NOS. The van der Waals surface area contributed by atoms with Gasteiger partial charge in [0.2, 0.25) is 0 Å². The highest BCUT2D eigenvalue weighted by Crippen LogP contribution is 2.25. The van der Waals surface area contributed by atoms with Crippen molar-refractivity contribution in [1.82, 2.24) is 4.90 Å². The lowest BCUT2D eigenvalue weighted by molar-refractivity contribution is 0.0813. The Hall–Kier alpha value is -2.78. The first-order chi connectivity index (χ1) is 12.2. The molecule has 0 aliphatic carbocycles. The summed E-state index contributed by atoms with van der Waals surface area (Å²) in [5.41, 5.74) is 2.54. The lowest BCUT2D eigenvalue weighted by Crippen LogP contribution is -2.38. The van der Waals surface area contributed by atoms with Crippen LogP contribution in [0.15, 0.2) is 91.0 Å². The molecule has 0 radical (unpaired) electrons. The third-order valence-electron chi connectivity index (χ3n) is 4.15. The molecule has 3 aromatic carbocycles. The van der Waals surface area contributed by atoms with Gasteiger partial charge in [-0.15, -0.1) is 0 Å². The number of thiocarbonyl (C=S) groups is 1. The summed E-state index contributed by atoms with van der Waals surface area (Å²) in [5.74, 6) is -0.0918. The van der Waals surface area contributed by atoms with Crippen LogP contribution in [0, 0.1) is 0 Å². The van der Waals surface area contributed by atoms with Crippen LogP contribution >= 0.6 is 12.2 Å². The van der Waals surface area contributed by atoms with Crippen LogP contribution in [0.3, 0.4) is 0 Å². The van der Waals surface area contributed by atoms with Gasteiger partial charge in [0.15, 0.2) is 0 Å². The first-order valence-corrected chi connectivity index (χ1v) is 8.62. The molecule has 0 spiro atoms. The molecule has 0 fully saturated rings. The molecular weight excluding hydrogens is 326 g/mol. The van der Waals surface area contributed by atoms with Crippen molar-refractivity contribution < 1.29 is 4.79 Å². The molecule has 3 heteroatoms. The fourth-order valence-corrected chi connectivity index (χ4v) is 3.14. The first kappa shape index (κ1) is 17.1. The fourth-order valence-electron chi connectivity index (χ4n) is 2.76. The van der Waals surface area contributed by atoms with Gasteiger partial charge in [-0.3, -0.25) is 9.69 Å². The van der Waals surface area contributed by atoms with E-state index < -0.39 is 0 Å². The number of hydrogen-bond donors (Lipinski definition) is 0. The highest BCUT2D eigenvalue weighted by molar-refractivity contribution is 7.80.